The molecule has 0 amide bonds. The van der Waals surface area contributed by atoms with Crippen LogP contribution in [0.4, 0.5) is 0 Å². The van der Waals surface area contributed by atoms with Gasteiger partial charge in [-0.3, -0.25) is 0 Å². The molecule has 11 nitrogen and oxygen atoms in total. The van der Waals surface area contributed by atoms with Gasteiger partial charge in [0.1, 0.15) is 18.3 Å². The smallest absolute Gasteiger partial charge is 0.335 e. The molecule has 0 aliphatic heterocycles. The molecule has 5 atom stereocenters. The minimum absolute atomic E-state index is 0.0869. The van der Waals surface area contributed by atoms with Gasteiger partial charge in [-0.25, -0.2) is 9.59 Å². The van der Waals surface area contributed by atoms with Crippen LogP contribution in [-0.4, -0.2) is 96.2 Å². The number of rotatable bonds is 7. The van der Waals surface area contributed by atoms with Gasteiger partial charge >= 0.3 is 11.9 Å². The van der Waals surface area contributed by atoms with Crippen molar-refractivity contribution in [3.05, 3.63) is 0 Å². The molecule has 0 aromatic heterocycles. The third-order valence-corrected chi connectivity index (χ3v) is 1.88. The summed E-state index contributed by atoms with van der Waals surface area (Å²) in [4.78, 5) is 29.3. The van der Waals surface area contributed by atoms with Gasteiger partial charge in [-0.05, 0) is 0 Å². The molecule has 0 rings (SSSR count). The molecule has 11 heteroatoms. The number of carboxylic acid groups (broad SMARTS) is 2. The first-order chi connectivity index (χ1) is 9.09. The van der Waals surface area contributed by atoms with Crippen LogP contribution in [0, 0.1) is 0 Å². The van der Waals surface area contributed by atoms with Crippen LogP contribution in [-0.2, 0) is 14.4 Å². The number of aliphatic carboxylic acids is 2. The fraction of sp³-hybridized carbons (Fsp3) is 0.667. The molecule has 0 spiro atoms. The predicted molar refractivity (Wildman–Crippen MR) is 58.5 cm³/mol. The molecule has 0 radical (unpaired) electrons. The van der Waals surface area contributed by atoms with Crippen molar-refractivity contribution in [3.63, 3.8) is 0 Å². The molecule has 8 N–H and O–H groups in total. The highest BCUT2D eigenvalue weighted by atomic mass is 16.4. The summed E-state index contributed by atoms with van der Waals surface area (Å²) in [6.07, 6.45) is -9.16. The average molecular weight is 300 g/mol. The van der Waals surface area contributed by atoms with Crippen molar-refractivity contribution in [2.75, 3.05) is 6.61 Å². The second-order valence-corrected chi connectivity index (χ2v) is 3.43. The van der Waals surface area contributed by atoms with Gasteiger partial charge in [-0.2, -0.15) is 0 Å². The van der Waals surface area contributed by atoms with Crippen molar-refractivity contribution >= 4 is 18.2 Å². The maximum Gasteiger partial charge on any atom is 0.335 e. The molecule has 118 valence electrons. The Kier molecular flexibility index (Phi) is 10.5. The van der Waals surface area contributed by atoms with Gasteiger partial charge in [0.15, 0.2) is 18.5 Å². The number of aliphatic hydroxyl groups is 6. The standard InChI is InChI=1S/C5H10O5.C4H6O6/c6-1-3(8)5(10)4(9)2-7;5-1(3(7)8)2(6)4(9)10/h1,3-5,7-10H,2H2;1-2,5-6H,(H,7,8)(H,9,10)/t3-,4-,5+;/m0./s1. The van der Waals surface area contributed by atoms with Crippen LogP contribution in [0.25, 0.3) is 0 Å². The number of carbonyl (C=O) groups excluding carboxylic acids is 1. The lowest BCUT2D eigenvalue weighted by molar-refractivity contribution is -0.165. The first-order valence-corrected chi connectivity index (χ1v) is 5.02. The van der Waals surface area contributed by atoms with Crippen molar-refractivity contribution in [1.29, 1.82) is 0 Å². The third-order valence-electron chi connectivity index (χ3n) is 1.88. The van der Waals surface area contributed by atoms with E-state index in [1.54, 1.807) is 0 Å². The molecular weight excluding hydrogens is 284 g/mol. The molecule has 0 aromatic rings. The van der Waals surface area contributed by atoms with Crippen LogP contribution in [0.15, 0.2) is 0 Å². The van der Waals surface area contributed by atoms with Crippen molar-refractivity contribution in [3.8, 4) is 0 Å². The topological polar surface area (TPSA) is 213 Å². The summed E-state index contributed by atoms with van der Waals surface area (Å²) in [6.45, 7) is -0.688. The van der Waals surface area contributed by atoms with Gasteiger partial charge in [-0.15, -0.1) is 0 Å². The predicted octanol–water partition coefficient (Wildman–Crippen LogP) is -4.86. The van der Waals surface area contributed by atoms with E-state index in [4.69, 9.17) is 40.9 Å². The van der Waals surface area contributed by atoms with Crippen LogP contribution >= 0.6 is 0 Å². The lowest BCUT2D eigenvalue weighted by Crippen LogP contribution is -2.40. The molecule has 0 bridgehead atoms. The van der Waals surface area contributed by atoms with Gasteiger partial charge < -0.3 is 45.6 Å². The van der Waals surface area contributed by atoms with Gasteiger partial charge in [-0.1, -0.05) is 0 Å². The summed E-state index contributed by atoms with van der Waals surface area (Å²) < 4.78 is 0. The number of carbonyl (C=O) groups is 3. The van der Waals surface area contributed by atoms with E-state index in [0.29, 0.717) is 0 Å². The fourth-order valence-electron chi connectivity index (χ4n) is 0.686. The van der Waals surface area contributed by atoms with Gasteiger partial charge in [0.2, 0.25) is 0 Å². The maximum atomic E-state index is 9.77. The summed E-state index contributed by atoms with van der Waals surface area (Å²) in [5.41, 5.74) is 0. The first kappa shape index (κ1) is 20.7. The minimum atomic E-state index is -2.27. The summed E-state index contributed by atoms with van der Waals surface area (Å²) in [5, 5.41) is 66.6. The zero-order valence-corrected chi connectivity index (χ0v) is 9.97. The number of carboxylic acids is 2. The molecule has 0 aliphatic rings. The highest BCUT2D eigenvalue weighted by molar-refractivity contribution is 5.83. The van der Waals surface area contributed by atoms with Crippen LogP contribution in [0.5, 0.6) is 0 Å². The second-order valence-electron chi connectivity index (χ2n) is 3.43. The van der Waals surface area contributed by atoms with E-state index in [1.807, 2.05) is 0 Å². The number of hydrogen-bond donors (Lipinski definition) is 8. The normalized spacial score (nSPS) is 17.7. The summed E-state index contributed by atoms with van der Waals surface area (Å²) >= 11 is 0. The Labute approximate surface area is 112 Å². The number of hydrogen-bond acceptors (Lipinski definition) is 9. The highest BCUT2D eigenvalue weighted by Gasteiger charge is 2.29. The zero-order chi connectivity index (χ0) is 16.5. The van der Waals surface area contributed by atoms with E-state index < -0.39 is 49.1 Å². The SMILES string of the molecule is O=C(O)C(O)C(O)C(=O)O.O=C[C@H](O)[C@@H](O)[C@@H](O)CO. The number of aldehydes is 1. The zero-order valence-electron chi connectivity index (χ0n) is 9.97. The van der Waals surface area contributed by atoms with E-state index in [2.05, 4.69) is 0 Å². The Morgan fingerprint density at radius 2 is 1.25 bits per heavy atom. The van der Waals surface area contributed by atoms with Crippen LogP contribution < -0.4 is 0 Å². The third kappa shape index (κ3) is 7.73. The summed E-state index contributed by atoms with van der Waals surface area (Å²) in [6, 6.07) is 0. The molecule has 0 aromatic carbocycles. The molecule has 0 saturated carbocycles. The van der Waals surface area contributed by atoms with Crippen molar-refractivity contribution < 1.29 is 55.2 Å². The Bertz CT molecular complexity index is 299. The van der Waals surface area contributed by atoms with Gasteiger partial charge in [0, 0.05) is 0 Å². The maximum absolute atomic E-state index is 9.77. The molecule has 0 heterocycles. The molecule has 0 saturated heterocycles. The van der Waals surface area contributed by atoms with Crippen molar-refractivity contribution in [2.45, 2.75) is 30.5 Å². The Morgan fingerprint density at radius 3 is 1.45 bits per heavy atom. The molecule has 0 fully saturated rings. The van der Waals surface area contributed by atoms with Gasteiger partial charge in [0.25, 0.3) is 0 Å². The van der Waals surface area contributed by atoms with Crippen LogP contribution in [0.3, 0.4) is 0 Å². The van der Waals surface area contributed by atoms with Crippen molar-refractivity contribution in [2.24, 2.45) is 0 Å². The van der Waals surface area contributed by atoms with E-state index in [0.717, 1.165) is 0 Å². The highest BCUT2D eigenvalue weighted by Crippen LogP contribution is 1.96. The largest absolute Gasteiger partial charge is 0.479 e. The van der Waals surface area contributed by atoms with E-state index >= 15 is 0 Å². The molecule has 20 heavy (non-hydrogen) atoms. The lowest BCUT2D eigenvalue weighted by atomic mass is 10.1. The quantitative estimate of drug-likeness (QED) is 0.209. The monoisotopic (exact) mass is 300 g/mol. The first-order valence-electron chi connectivity index (χ1n) is 5.02. The fourth-order valence-corrected chi connectivity index (χ4v) is 0.686. The Balaban J connectivity index is 0. The van der Waals surface area contributed by atoms with Crippen LogP contribution in [0.2, 0.25) is 0 Å². The second kappa shape index (κ2) is 10.2. The Morgan fingerprint density at radius 1 is 0.900 bits per heavy atom. The summed E-state index contributed by atoms with van der Waals surface area (Å²) in [5.74, 6) is -3.54. The van der Waals surface area contributed by atoms with Crippen LogP contribution in [0.1, 0.15) is 0 Å². The summed E-state index contributed by atoms with van der Waals surface area (Å²) in [7, 11) is 0. The average Bonchev–Trinajstić information content (AvgIpc) is 2.43. The Hall–Kier alpha value is -1.63. The van der Waals surface area contributed by atoms with E-state index in [1.165, 1.54) is 0 Å². The molecule has 2 unspecified atom stereocenters. The van der Waals surface area contributed by atoms with E-state index in [9.17, 15) is 14.4 Å². The molecule has 0 aliphatic carbocycles. The van der Waals surface area contributed by atoms with Crippen molar-refractivity contribution in [1.82, 2.24) is 0 Å². The van der Waals surface area contributed by atoms with E-state index in [-0.39, 0.29) is 6.29 Å². The molecular formula is C9H16O11. The lowest BCUT2D eigenvalue weighted by Gasteiger charge is -2.16. The number of aliphatic hydroxyl groups excluding tert-OH is 6. The minimum Gasteiger partial charge on any atom is -0.479 e. The van der Waals surface area contributed by atoms with Gasteiger partial charge in [0.05, 0.1) is 6.61 Å².